The molecule has 0 radical (unpaired) electrons. The summed E-state index contributed by atoms with van der Waals surface area (Å²) >= 11 is 0. The summed E-state index contributed by atoms with van der Waals surface area (Å²) in [5, 5.41) is 5.39. The number of nitrogens with zero attached hydrogens (tertiary/aromatic N) is 2. The molecule has 2 heterocycles. The number of hydrogen-bond donors (Lipinski definition) is 4. The van der Waals surface area contributed by atoms with E-state index in [2.05, 4.69) is 24.7 Å². The Morgan fingerprint density at radius 1 is 1.24 bits per heavy atom. The van der Waals surface area contributed by atoms with Crippen molar-refractivity contribution >= 4 is 39.4 Å². The fraction of sp³-hybridized carbons (Fsp3) is 0.300. The maximum atomic E-state index is 12.7. The molecule has 3 rings (SSSR count). The third-order valence-electron chi connectivity index (χ3n) is 4.35. The van der Waals surface area contributed by atoms with Crippen LogP contribution in [0, 0.1) is 0 Å². The van der Waals surface area contributed by atoms with Crippen molar-refractivity contribution in [2.75, 3.05) is 30.4 Å². The number of hydrogen-bond acceptors (Lipinski definition) is 8. The third kappa shape index (κ3) is 6.17. The van der Waals surface area contributed by atoms with Crippen LogP contribution >= 0.6 is 0 Å². The van der Waals surface area contributed by atoms with Crippen LogP contribution in [0.2, 0.25) is 0 Å². The first-order valence-corrected chi connectivity index (χ1v) is 11.2. The van der Waals surface area contributed by atoms with Gasteiger partial charge in [-0.25, -0.2) is 4.98 Å². The van der Waals surface area contributed by atoms with Crippen molar-refractivity contribution in [3.63, 3.8) is 0 Å². The van der Waals surface area contributed by atoms with Gasteiger partial charge in [-0.05, 0) is 38.1 Å². The lowest BCUT2D eigenvalue weighted by Gasteiger charge is -2.27. The molecule has 1 aliphatic rings. The smallest absolute Gasteiger partial charge is 0.344 e. The zero-order chi connectivity index (χ0) is 24.2. The quantitative estimate of drug-likeness (QED) is 0.429. The van der Waals surface area contributed by atoms with Crippen LogP contribution in [0.1, 0.15) is 29.8 Å². The number of methoxy groups -OCH3 is 1. The molecule has 13 heteroatoms. The Balaban J connectivity index is 1.68. The molecule has 0 bridgehead atoms. The Kier molecular flexibility index (Phi) is 6.84. The molecule has 2 amide bonds. The van der Waals surface area contributed by atoms with Gasteiger partial charge in [0, 0.05) is 18.9 Å². The first kappa shape index (κ1) is 23.9. The number of amides is 2. The van der Waals surface area contributed by atoms with Crippen molar-refractivity contribution in [3.05, 3.63) is 47.7 Å². The standard InChI is InChI=1S/C20H24N6O6S/c1-20(2,24-19(28)12-7-8-22-15(9-12)23-16(27)10-31-3)11-32-14-6-4-5-13-17(14)18(21)26-33(29,30)25-13/h4-9,25H,10-11H2,1-3H3,(H2,21,26)(H,24,28)(H,22,23,27). The van der Waals surface area contributed by atoms with Gasteiger partial charge in [-0.2, -0.15) is 8.42 Å². The monoisotopic (exact) mass is 476 g/mol. The summed E-state index contributed by atoms with van der Waals surface area (Å²) in [5.74, 6) is -0.469. The number of anilines is 2. The first-order chi connectivity index (χ1) is 15.5. The summed E-state index contributed by atoms with van der Waals surface area (Å²) in [4.78, 5) is 28.4. The van der Waals surface area contributed by atoms with Crippen LogP contribution in [0.5, 0.6) is 5.75 Å². The third-order valence-corrected chi connectivity index (χ3v) is 5.26. The lowest BCUT2D eigenvalue weighted by molar-refractivity contribution is -0.119. The highest BCUT2D eigenvalue weighted by Crippen LogP contribution is 2.30. The molecule has 12 nitrogen and oxygen atoms in total. The van der Waals surface area contributed by atoms with Gasteiger partial charge in [0.1, 0.15) is 24.8 Å². The van der Waals surface area contributed by atoms with Crippen molar-refractivity contribution < 1.29 is 27.5 Å². The number of ether oxygens (including phenoxy) is 2. The molecule has 0 spiro atoms. The van der Waals surface area contributed by atoms with E-state index in [1.807, 2.05) is 0 Å². The van der Waals surface area contributed by atoms with Gasteiger partial charge in [0.15, 0.2) is 5.84 Å². The lowest BCUT2D eigenvalue weighted by atomic mass is 10.1. The number of carbonyl (C=O) groups is 2. The minimum atomic E-state index is -3.90. The highest BCUT2D eigenvalue weighted by atomic mass is 32.2. The van der Waals surface area contributed by atoms with Crippen molar-refractivity contribution in [3.8, 4) is 5.75 Å². The molecule has 2 aromatic rings. The van der Waals surface area contributed by atoms with E-state index in [1.165, 1.54) is 25.4 Å². The summed E-state index contributed by atoms with van der Waals surface area (Å²) in [5.41, 5.74) is 5.85. The second kappa shape index (κ2) is 9.42. The Labute approximate surface area is 190 Å². The number of rotatable bonds is 8. The second-order valence-electron chi connectivity index (χ2n) is 7.77. The van der Waals surface area contributed by atoms with Crippen molar-refractivity contribution in [1.29, 1.82) is 0 Å². The first-order valence-electron chi connectivity index (χ1n) is 9.71. The Bertz CT molecular complexity index is 1210. The molecular formula is C20H24N6O6S. The topological polar surface area (TPSA) is 174 Å². The van der Waals surface area contributed by atoms with Gasteiger partial charge in [-0.3, -0.25) is 14.3 Å². The SMILES string of the molecule is COCC(=O)Nc1cc(C(=O)NC(C)(C)COc2cccc3c2C(N)=NS(=O)(=O)N3)ccn1. The highest BCUT2D eigenvalue weighted by Gasteiger charge is 2.27. The second-order valence-corrected chi connectivity index (χ2v) is 9.11. The van der Waals surface area contributed by atoms with Crippen molar-refractivity contribution in [2.45, 2.75) is 19.4 Å². The predicted molar refractivity (Wildman–Crippen MR) is 121 cm³/mol. The average molecular weight is 477 g/mol. The van der Waals surface area contributed by atoms with Crippen molar-refractivity contribution in [2.24, 2.45) is 10.1 Å². The van der Waals surface area contributed by atoms with Gasteiger partial charge in [-0.1, -0.05) is 6.07 Å². The molecule has 1 aromatic carbocycles. The van der Waals surface area contributed by atoms with Crippen LogP contribution in [0.15, 0.2) is 40.9 Å². The molecule has 0 aliphatic carbocycles. The molecule has 1 aromatic heterocycles. The number of nitrogens with one attached hydrogen (secondary N) is 3. The van der Waals surface area contributed by atoms with Crippen LogP contribution in [0.3, 0.4) is 0 Å². The van der Waals surface area contributed by atoms with Gasteiger partial charge >= 0.3 is 10.2 Å². The molecular weight excluding hydrogens is 452 g/mol. The normalized spacial score (nSPS) is 14.3. The molecule has 1 aliphatic heterocycles. The maximum Gasteiger partial charge on any atom is 0.344 e. The summed E-state index contributed by atoms with van der Waals surface area (Å²) in [6.07, 6.45) is 1.40. The van der Waals surface area contributed by atoms with E-state index in [-0.39, 0.29) is 36.1 Å². The highest BCUT2D eigenvalue weighted by molar-refractivity contribution is 7.91. The minimum absolute atomic E-state index is 0.0394. The molecule has 0 fully saturated rings. The predicted octanol–water partition coefficient (Wildman–Crippen LogP) is 0.629. The number of benzene rings is 1. The van der Waals surface area contributed by atoms with E-state index < -0.39 is 27.6 Å². The van der Waals surface area contributed by atoms with Gasteiger partial charge in [-0.15, -0.1) is 4.40 Å². The fourth-order valence-electron chi connectivity index (χ4n) is 2.96. The molecule has 33 heavy (non-hydrogen) atoms. The minimum Gasteiger partial charge on any atom is -0.490 e. The zero-order valence-corrected chi connectivity index (χ0v) is 19.0. The Morgan fingerprint density at radius 2 is 2.00 bits per heavy atom. The fourth-order valence-corrected chi connectivity index (χ4v) is 3.81. The van der Waals surface area contributed by atoms with Gasteiger partial charge in [0.2, 0.25) is 0 Å². The Morgan fingerprint density at radius 3 is 2.73 bits per heavy atom. The summed E-state index contributed by atoms with van der Waals surface area (Å²) in [7, 11) is -2.51. The number of aromatic nitrogens is 1. The summed E-state index contributed by atoms with van der Waals surface area (Å²) < 4.78 is 39.8. The average Bonchev–Trinajstić information content (AvgIpc) is 2.71. The molecule has 0 saturated carbocycles. The van der Waals surface area contributed by atoms with E-state index in [1.54, 1.807) is 32.0 Å². The largest absolute Gasteiger partial charge is 0.490 e. The van der Waals surface area contributed by atoms with E-state index in [0.29, 0.717) is 11.3 Å². The molecule has 0 saturated heterocycles. The van der Waals surface area contributed by atoms with Gasteiger partial charge in [0.25, 0.3) is 11.8 Å². The van der Waals surface area contributed by atoms with E-state index >= 15 is 0 Å². The lowest BCUT2D eigenvalue weighted by Crippen LogP contribution is -2.48. The molecule has 176 valence electrons. The number of nitrogens with two attached hydrogens (primary N) is 1. The number of pyridine rings is 1. The summed E-state index contributed by atoms with van der Waals surface area (Å²) in [6.45, 7) is 3.41. The molecule has 0 atom stereocenters. The zero-order valence-electron chi connectivity index (χ0n) is 18.2. The van der Waals surface area contributed by atoms with Crippen LogP contribution in [0.25, 0.3) is 0 Å². The Hall–Kier alpha value is -3.71. The van der Waals surface area contributed by atoms with Gasteiger partial charge < -0.3 is 25.8 Å². The number of amidine groups is 1. The van der Waals surface area contributed by atoms with E-state index in [0.717, 1.165) is 0 Å². The molecule has 0 unspecified atom stereocenters. The van der Waals surface area contributed by atoms with Crippen LogP contribution in [-0.2, 0) is 19.7 Å². The van der Waals surface area contributed by atoms with Gasteiger partial charge in [0.05, 0.1) is 16.8 Å². The number of fused-ring (bicyclic) bond motifs is 1. The van der Waals surface area contributed by atoms with Crippen LogP contribution < -0.4 is 25.8 Å². The van der Waals surface area contributed by atoms with Crippen LogP contribution in [-0.4, -0.2) is 56.9 Å². The summed E-state index contributed by atoms with van der Waals surface area (Å²) in [6, 6.07) is 7.72. The number of carbonyl (C=O) groups excluding carboxylic acids is 2. The van der Waals surface area contributed by atoms with Crippen molar-refractivity contribution in [1.82, 2.24) is 10.3 Å². The maximum absolute atomic E-state index is 12.7. The van der Waals surface area contributed by atoms with Crippen LogP contribution in [0.4, 0.5) is 11.5 Å². The van der Waals surface area contributed by atoms with E-state index in [9.17, 15) is 18.0 Å². The molecule has 5 N–H and O–H groups in total. The van der Waals surface area contributed by atoms with E-state index in [4.69, 9.17) is 15.2 Å².